The van der Waals surface area contributed by atoms with Crippen LogP contribution in [0.3, 0.4) is 0 Å². The van der Waals surface area contributed by atoms with Crippen molar-refractivity contribution < 1.29 is 14.7 Å². The van der Waals surface area contributed by atoms with Crippen LogP contribution in [0.4, 0.5) is 16.2 Å². The summed E-state index contributed by atoms with van der Waals surface area (Å²) in [7, 11) is 0. The Morgan fingerprint density at radius 3 is 2.26 bits per heavy atom. The lowest BCUT2D eigenvalue weighted by molar-refractivity contribution is 0.0982. The van der Waals surface area contributed by atoms with Crippen LogP contribution in [0.15, 0.2) is 30.3 Å². The fraction of sp³-hybridized carbons (Fsp3) is 0.364. The number of hydrogen-bond donors (Lipinski definition) is 1. The first-order valence-corrected chi connectivity index (χ1v) is 9.27. The van der Waals surface area contributed by atoms with E-state index in [0.29, 0.717) is 29.9 Å². The van der Waals surface area contributed by atoms with Gasteiger partial charge in [-0.15, -0.1) is 0 Å². The van der Waals surface area contributed by atoms with Gasteiger partial charge in [0, 0.05) is 12.1 Å². The van der Waals surface area contributed by atoms with E-state index in [2.05, 4.69) is 0 Å². The minimum absolute atomic E-state index is 0.0795. The van der Waals surface area contributed by atoms with Crippen molar-refractivity contribution in [2.24, 2.45) is 0 Å². The van der Waals surface area contributed by atoms with Gasteiger partial charge in [0.15, 0.2) is 0 Å². The van der Waals surface area contributed by atoms with E-state index in [1.807, 2.05) is 65.0 Å². The molecule has 0 aliphatic carbocycles. The number of hydrogen-bond acceptors (Lipinski definition) is 2. The SMILES string of the molecule is CCC1CN(C(=O)c2cccc(C)c2C)c2cc(C)c(C)cc2N1C(=O)O. The number of nitrogens with zero attached hydrogens (tertiary/aromatic N) is 2. The summed E-state index contributed by atoms with van der Waals surface area (Å²) in [5.41, 5.74) is 5.99. The van der Waals surface area contributed by atoms with Crippen molar-refractivity contribution in [1.82, 2.24) is 0 Å². The van der Waals surface area contributed by atoms with E-state index in [4.69, 9.17) is 0 Å². The molecule has 5 heteroatoms. The molecule has 1 heterocycles. The number of aryl methyl sites for hydroxylation is 3. The van der Waals surface area contributed by atoms with E-state index in [1.165, 1.54) is 4.90 Å². The number of benzene rings is 2. The van der Waals surface area contributed by atoms with Crippen LogP contribution in [-0.2, 0) is 0 Å². The molecule has 1 aliphatic rings. The Kier molecular flexibility index (Phi) is 4.96. The van der Waals surface area contributed by atoms with Gasteiger partial charge in [-0.05, 0) is 74.6 Å². The molecule has 1 aliphatic heterocycles. The van der Waals surface area contributed by atoms with Crippen molar-refractivity contribution in [2.45, 2.75) is 47.1 Å². The third-order valence-electron chi connectivity index (χ3n) is 5.66. The van der Waals surface area contributed by atoms with Gasteiger partial charge in [-0.3, -0.25) is 9.69 Å². The lowest BCUT2D eigenvalue weighted by atomic mass is 9.98. The van der Waals surface area contributed by atoms with Crippen LogP contribution in [0.5, 0.6) is 0 Å². The highest BCUT2D eigenvalue weighted by molar-refractivity contribution is 6.11. The van der Waals surface area contributed by atoms with Gasteiger partial charge >= 0.3 is 6.09 Å². The largest absolute Gasteiger partial charge is 0.465 e. The smallest absolute Gasteiger partial charge is 0.412 e. The number of amides is 2. The van der Waals surface area contributed by atoms with Gasteiger partial charge in [-0.1, -0.05) is 19.1 Å². The number of rotatable bonds is 2. The van der Waals surface area contributed by atoms with Crippen LogP contribution in [0.2, 0.25) is 0 Å². The standard InChI is InChI=1S/C22H26N2O3/c1-6-17-12-23(21(25)18-9-7-8-13(2)16(18)5)19-10-14(3)15(4)11-20(19)24(17)22(26)27/h7-11,17H,6,12H2,1-5H3,(H,26,27). The van der Waals surface area contributed by atoms with E-state index in [-0.39, 0.29) is 11.9 Å². The zero-order valence-corrected chi connectivity index (χ0v) is 16.5. The molecule has 0 spiro atoms. The van der Waals surface area contributed by atoms with Crippen LogP contribution in [0.1, 0.15) is 46.0 Å². The van der Waals surface area contributed by atoms with E-state index in [0.717, 1.165) is 22.3 Å². The zero-order valence-electron chi connectivity index (χ0n) is 16.5. The van der Waals surface area contributed by atoms with Gasteiger partial charge < -0.3 is 10.0 Å². The van der Waals surface area contributed by atoms with Gasteiger partial charge in [-0.25, -0.2) is 4.79 Å². The molecule has 27 heavy (non-hydrogen) atoms. The summed E-state index contributed by atoms with van der Waals surface area (Å²) < 4.78 is 0. The van der Waals surface area contributed by atoms with Gasteiger partial charge in [-0.2, -0.15) is 0 Å². The Hall–Kier alpha value is -2.82. The molecular formula is C22H26N2O3. The highest BCUT2D eigenvalue weighted by Crippen LogP contribution is 2.39. The summed E-state index contributed by atoms with van der Waals surface area (Å²) in [6.45, 7) is 10.2. The third kappa shape index (κ3) is 3.18. The highest BCUT2D eigenvalue weighted by Gasteiger charge is 2.37. The van der Waals surface area contributed by atoms with Crippen LogP contribution >= 0.6 is 0 Å². The molecule has 0 saturated carbocycles. The summed E-state index contributed by atoms with van der Waals surface area (Å²) in [5.74, 6) is -0.0795. The maximum absolute atomic E-state index is 13.4. The van der Waals surface area contributed by atoms with Crippen LogP contribution < -0.4 is 9.80 Å². The Morgan fingerprint density at radius 1 is 1.04 bits per heavy atom. The molecule has 3 rings (SSSR count). The predicted octanol–water partition coefficient (Wildman–Crippen LogP) is 4.84. The fourth-order valence-corrected chi connectivity index (χ4v) is 3.67. The maximum Gasteiger partial charge on any atom is 0.412 e. The van der Waals surface area contributed by atoms with E-state index in [1.54, 1.807) is 4.90 Å². The molecule has 1 atom stereocenters. The van der Waals surface area contributed by atoms with Gasteiger partial charge in [0.2, 0.25) is 0 Å². The van der Waals surface area contributed by atoms with Crippen molar-refractivity contribution in [3.63, 3.8) is 0 Å². The molecule has 2 aromatic rings. The lowest BCUT2D eigenvalue weighted by Crippen LogP contribution is -2.52. The Labute approximate surface area is 160 Å². The van der Waals surface area contributed by atoms with Crippen molar-refractivity contribution in [3.05, 3.63) is 58.1 Å². The average molecular weight is 366 g/mol. The lowest BCUT2D eigenvalue weighted by Gasteiger charge is -2.41. The molecule has 0 radical (unpaired) electrons. The number of carbonyl (C=O) groups is 2. The molecule has 0 aromatic heterocycles. The van der Waals surface area contributed by atoms with Crippen molar-refractivity contribution in [1.29, 1.82) is 0 Å². The summed E-state index contributed by atoms with van der Waals surface area (Å²) in [6, 6.07) is 9.26. The first-order chi connectivity index (χ1) is 12.8. The van der Waals surface area contributed by atoms with Crippen molar-refractivity contribution >= 4 is 23.4 Å². The van der Waals surface area contributed by atoms with Gasteiger partial charge in [0.1, 0.15) is 0 Å². The van der Waals surface area contributed by atoms with E-state index < -0.39 is 6.09 Å². The van der Waals surface area contributed by atoms with Crippen LogP contribution in [-0.4, -0.2) is 29.7 Å². The fourth-order valence-electron chi connectivity index (χ4n) is 3.67. The van der Waals surface area contributed by atoms with Gasteiger partial charge in [0.05, 0.1) is 17.4 Å². The third-order valence-corrected chi connectivity index (χ3v) is 5.66. The monoisotopic (exact) mass is 366 g/mol. The first-order valence-electron chi connectivity index (χ1n) is 9.27. The van der Waals surface area contributed by atoms with E-state index in [9.17, 15) is 14.7 Å². The Morgan fingerprint density at radius 2 is 1.67 bits per heavy atom. The predicted molar refractivity (Wildman–Crippen MR) is 108 cm³/mol. The molecule has 1 unspecified atom stereocenters. The highest BCUT2D eigenvalue weighted by atomic mass is 16.4. The molecule has 142 valence electrons. The summed E-state index contributed by atoms with van der Waals surface area (Å²) >= 11 is 0. The van der Waals surface area contributed by atoms with Gasteiger partial charge in [0.25, 0.3) is 5.91 Å². The van der Waals surface area contributed by atoms with Crippen LogP contribution in [0, 0.1) is 27.7 Å². The zero-order chi connectivity index (χ0) is 19.9. The minimum atomic E-state index is -0.981. The quantitative estimate of drug-likeness (QED) is 0.827. The molecule has 1 N–H and O–H groups in total. The number of carbonyl (C=O) groups excluding carboxylic acids is 1. The molecule has 0 fully saturated rings. The molecule has 2 aromatic carbocycles. The molecule has 0 saturated heterocycles. The Bertz CT molecular complexity index is 920. The van der Waals surface area contributed by atoms with Crippen LogP contribution in [0.25, 0.3) is 0 Å². The average Bonchev–Trinajstić information content (AvgIpc) is 2.63. The number of fused-ring (bicyclic) bond motifs is 1. The maximum atomic E-state index is 13.4. The second kappa shape index (κ2) is 7.06. The second-order valence-corrected chi connectivity index (χ2v) is 7.30. The molecule has 5 nitrogen and oxygen atoms in total. The first kappa shape index (κ1) is 19.0. The summed E-state index contributed by atoms with van der Waals surface area (Å²) in [5, 5.41) is 9.79. The summed E-state index contributed by atoms with van der Waals surface area (Å²) in [4.78, 5) is 28.5. The second-order valence-electron chi connectivity index (χ2n) is 7.30. The topological polar surface area (TPSA) is 60.9 Å². The number of carboxylic acid groups (broad SMARTS) is 1. The molecule has 2 amide bonds. The minimum Gasteiger partial charge on any atom is -0.465 e. The summed E-state index contributed by atoms with van der Waals surface area (Å²) in [6.07, 6.45) is -0.347. The molecular weight excluding hydrogens is 340 g/mol. The number of anilines is 2. The normalized spacial score (nSPS) is 16.3. The Balaban J connectivity index is 2.18. The van der Waals surface area contributed by atoms with Crippen molar-refractivity contribution in [3.8, 4) is 0 Å². The van der Waals surface area contributed by atoms with E-state index >= 15 is 0 Å². The van der Waals surface area contributed by atoms with Crippen molar-refractivity contribution in [2.75, 3.05) is 16.3 Å². The molecule has 0 bridgehead atoms.